The van der Waals surface area contributed by atoms with Gasteiger partial charge in [-0.25, -0.2) is 9.78 Å². The minimum atomic E-state index is -1.34. The zero-order chi connectivity index (χ0) is 40.1. The lowest BCUT2D eigenvalue weighted by Crippen LogP contribution is -2.55. The maximum atomic E-state index is 13.7. The number of ether oxygens (including phenoxy) is 4. The van der Waals surface area contributed by atoms with Crippen LogP contribution >= 0.6 is 0 Å². The Balaban J connectivity index is 1.05. The molecule has 0 saturated carbocycles. The van der Waals surface area contributed by atoms with E-state index >= 15 is 0 Å². The Bertz CT molecular complexity index is 2140. The summed E-state index contributed by atoms with van der Waals surface area (Å²) >= 11 is 0. The first-order valence-corrected chi connectivity index (χ1v) is 18.5. The fourth-order valence-corrected chi connectivity index (χ4v) is 7.14. The normalized spacial score (nSPS) is 17.1. The standard InChI is InChI=1S/C41H49N7O8/c1-26-14-28(15-30-23-44-47-34(26)30)18-40(24-49,25-53-6)46-36(50)31-17-29-19-41(20-33(29)42-22-31)32-16-27(21-43-35(32)45-37(41)51)8-7-10-54-12-13-55-11-9-48(5)38(52)56-39(2,3)4/h7-8,14-17,21-24H,9-13,18-20,25H2,1-6H3,(H,44,47)(H,46,50)(H,43,45,51)/b8-7+/t40-,41+/m1/s1. The zero-order valence-corrected chi connectivity index (χ0v) is 32.7. The van der Waals surface area contributed by atoms with Crippen LogP contribution in [0.1, 0.15) is 64.6 Å². The molecule has 1 aliphatic carbocycles. The molecule has 4 heterocycles. The number of aromatic nitrogens is 4. The summed E-state index contributed by atoms with van der Waals surface area (Å²) in [5, 5.41) is 13.9. The van der Waals surface area contributed by atoms with Gasteiger partial charge in [-0.3, -0.25) is 19.7 Å². The van der Waals surface area contributed by atoms with Gasteiger partial charge in [-0.2, -0.15) is 5.10 Å². The summed E-state index contributed by atoms with van der Waals surface area (Å²) in [6.07, 6.45) is 9.86. The van der Waals surface area contributed by atoms with Crippen molar-refractivity contribution >= 4 is 47.0 Å². The van der Waals surface area contributed by atoms with Crippen molar-refractivity contribution < 1.29 is 38.1 Å². The minimum absolute atomic E-state index is 0.0375. The second-order valence-electron chi connectivity index (χ2n) is 15.5. The van der Waals surface area contributed by atoms with E-state index in [-0.39, 0.29) is 24.5 Å². The number of fused-ring (bicyclic) bond motifs is 4. The number of anilines is 1. The predicted octanol–water partition coefficient (Wildman–Crippen LogP) is 4.12. The maximum absolute atomic E-state index is 13.7. The van der Waals surface area contributed by atoms with E-state index in [1.807, 2.05) is 58.0 Å². The highest BCUT2D eigenvalue weighted by molar-refractivity contribution is 6.06. The first kappa shape index (κ1) is 40.2. The number of benzene rings is 1. The van der Waals surface area contributed by atoms with Gasteiger partial charge in [0.05, 0.1) is 55.7 Å². The van der Waals surface area contributed by atoms with Crippen molar-refractivity contribution in [3.05, 3.63) is 88.0 Å². The second kappa shape index (κ2) is 16.7. The van der Waals surface area contributed by atoms with Crippen LogP contribution in [-0.2, 0) is 53.2 Å². The third-order valence-corrected chi connectivity index (χ3v) is 9.86. The molecule has 2 atom stereocenters. The second-order valence-corrected chi connectivity index (χ2v) is 15.5. The van der Waals surface area contributed by atoms with Crippen LogP contribution in [0.25, 0.3) is 17.0 Å². The third-order valence-electron chi connectivity index (χ3n) is 9.86. The highest BCUT2D eigenvalue weighted by atomic mass is 16.6. The molecular weight excluding hydrogens is 718 g/mol. The summed E-state index contributed by atoms with van der Waals surface area (Å²) < 4.78 is 22.0. The Morgan fingerprint density at radius 1 is 1.04 bits per heavy atom. The summed E-state index contributed by atoms with van der Waals surface area (Å²) in [5.74, 6) is -0.144. The summed E-state index contributed by atoms with van der Waals surface area (Å²) in [5.41, 5.74) is 3.26. The van der Waals surface area contributed by atoms with Gasteiger partial charge in [0, 0.05) is 62.6 Å². The van der Waals surface area contributed by atoms with Crippen molar-refractivity contribution in [2.24, 2.45) is 0 Å². The lowest BCUT2D eigenvalue weighted by Gasteiger charge is -2.29. The van der Waals surface area contributed by atoms with Gasteiger partial charge in [0.1, 0.15) is 23.2 Å². The molecule has 3 aromatic heterocycles. The number of pyridine rings is 2. The smallest absolute Gasteiger partial charge is 0.410 e. The number of aryl methyl sites for hydroxylation is 1. The van der Waals surface area contributed by atoms with E-state index in [1.165, 1.54) is 18.2 Å². The molecule has 1 spiro atoms. The van der Waals surface area contributed by atoms with Crippen LogP contribution in [0.15, 0.2) is 48.9 Å². The Kier molecular flexibility index (Phi) is 12.0. The summed E-state index contributed by atoms with van der Waals surface area (Å²) in [6.45, 7) is 9.24. The number of aromatic amines is 1. The van der Waals surface area contributed by atoms with Crippen molar-refractivity contribution in [2.75, 3.05) is 59.1 Å². The molecule has 296 valence electrons. The summed E-state index contributed by atoms with van der Waals surface area (Å²) in [7, 11) is 3.15. The number of aldehydes is 1. The number of carbonyl (C=O) groups is 4. The molecule has 0 radical (unpaired) electrons. The lowest BCUT2D eigenvalue weighted by atomic mass is 9.79. The van der Waals surface area contributed by atoms with Crippen LogP contribution in [0.4, 0.5) is 10.6 Å². The molecule has 0 bridgehead atoms. The zero-order valence-electron chi connectivity index (χ0n) is 32.7. The molecule has 1 aromatic carbocycles. The van der Waals surface area contributed by atoms with E-state index in [0.29, 0.717) is 51.6 Å². The average Bonchev–Trinajstić information content (AvgIpc) is 3.85. The highest BCUT2D eigenvalue weighted by Crippen LogP contribution is 2.46. The molecule has 0 unspecified atom stereocenters. The van der Waals surface area contributed by atoms with E-state index in [9.17, 15) is 19.2 Å². The maximum Gasteiger partial charge on any atom is 0.410 e. The lowest BCUT2D eigenvalue weighted by molar-refractivity contribution is -0.120. The Morgan fingerprint density at radius 2 is 1.84 bits per heavy atom. The van der Waals surface area contributed by atoms with Crippen molar-refractivity contribution in [1.82, 2.24) is 30.4 Å². The Labute approximate surface area is 325 Å². The number of H-pyrrole nitrogens is 1. The van der Waals surface area contributed by atoms with Crippen LogP contribution in [0.3, 0.4) is 0 Å². The van der Waals surface area contributed by atoms with Crippen molar-refractivity contribution in [2.45, 2.75) is 63.5 Å². The van der Waals surface area contributed by atoms with Gasteiger partial charge >= 0.3 is 6.09 Å². The summed E-state index contributed by atoms with van der Waals surface area (Å²) in [4.78, 5) is 62.6. The van der Waals surface area contributed by atoms with Gasteiger partial charge in [-0.1, -0.05) is 18.2 Å². The fourth-order valence-electron chi connectivity index (χ4n) is 7.14. The van der Waals surface area contributed by atoms with Gasteiger partial charge in [-0.15, -0.1) is 0 Å². The van der Waals surface area contributed by atoms with Gasteiger partial charge < -0.3 is 39.3 Å². The van der Waals surface area contributed by atoms with Crippen LogP contribution < -0.4 is 10.6 Å². The van der Waals surface area contributed by atoms with E-state index in [0.717, 1.165) is 50.7 Å². The fraction of sp³-hybridized carbons (Fsp3) is 0.439. The minimum Gasteiger partial charge on any atom is -0.444 e. The molecule has 15 heteroatoms. The first-order valence-electron chi connectivity index (χ1n) is 18.5. The van der Waals surface area contributed by atoms with E-state index in [1.54, 1.807) is 25.5 Å². The monoisotopic (exact) mass is 767 g/mol. The number of amides is 3. The average molecular weight is 768 g/mol. The molecule has 4 aromatic rings. The number of rotatable bonds is 16. The quantitative estimate of drug-likeness (QED) is 0.110. The Morgan fingerprint density at radius 3 is 2.61 bits per heavy atom. The predicted molar refractivity (Wildman–Crippen MR) is 208 cm³/mol. The molecule has 2 aliphatic rings. The molecule has 0 saturated heterocycles. The number of nitrogens with one attached hydrogen (secondary N) is 3. The van der Waals surface area contributed by atoms with Gasteiger partial charge in [-0.05, 0) is 74.6 Å². The van der Waals surface area contributed by atoms with Gasteiger partial charge in [0.2, 0.25) is 5.91 Å². The van der Waals surface area contributed by atoms with Crippen LogP contribution in [0, 0.1) is 6.92 Å². The molecule has 0 fully saturated rings. The van der Waals surface area contributed by atoms with Crippen LogP contribution in [-0.4, -0.2) is 114 Å². The summed E-state index contributed by atoms with van der Waals surface area (Å²) in [6, 6.07) is 7.60. The van der Waals surface area contributed by atoms with Gasteiger partial charge in [0.25, 0.3) is 5.91 Å². The van der Waals surface area contributed by atoms with Gasteiger partial charge in [0.15, 0.2) is 0 Å². The van der Waals surface area contributed by atoms with Crippen LogP contribution in [0.2, 0.25) is 0 Å². The third kappa shape index (κ3) is 8.96. The highest BCUT2D eigenvalue weighted by Gasteiger charge is 2.52. The van der Waals surface area contributed by atoms with Crippen molar-refractivity contribution in [3.8, 4) is 0 Å². The van der Waals surface area contributed by atoms with Crippen LogP contribution in [0.5, 0.6) is 0 Å². The van der Waals surface area contributed by atoms with E-state index in [4.69, 9.17) is 18.9 Å². The number of likely N-dealkylation sites (N-methyl/N-ethyl adjacent to an activating group) is 1. The molecule has 15 nitrogen and oxygen atoms in total. The molecule has 1 aliphatic heterocycles. The number of nitrogens with zero attached hydrogens (tertiary/aromatic N) is 4. The van der Waals surface area contributed by atoms with E-state index in [2.05, 4.69) is 30.8 Å². The first-order chi connectivity index (χ1) is 26.7. The number of carbonyl (C=O) groups excluding carboxylic acids is 4. The van der Waals surface area contributed by atoms with Crippen molar-refractivity contribution in [3.63, 3.8) is 0 Å². The number of hydrogen-bond donors (Lipinski definition) is 3. The SMILES string of the molecule is COC[C@](C=O)(Cc1cc(C)c2[nH]ncc2c1)NC(=O)c1cnc2c(c1)C[C@@]1(C2)C(=O)Nc2ncc(/C=C/COCCOCCN(C)C(=O)OC(C)(C)C)cc21. The Hall–Kier alpha value is -5.51. The molecule has 3 N–H and O–H groups in total. The topological polar surface area (TPSA) is 187 Å². The number of methoxy groups -OCH3 is 1. The molecular formula is C41H49N7O8. The molecule has 6 rings (SSSR count). The molecule has 3 amide bonds. The number of hydrogen-bond acceptors (Lipinski definition) is 11. The van der Waals surface area contributed by atoms with Crippen molar-refractivity contribution in [1.29, 1.82) is 0 Å². The van der Waals surface area contributed by atoms with E-state index < -0.39 is 28.6 Å². The largest absolute Gasteiger partial charge is 0.444 e. The molecule has 56 heavy (non-hydrogen) atoms.